The highest BCUT2D eigenvalue weighted by Crippen LogP contribution is 2.20. The van der Waals surface area contributed by atoms with Crippen molar-refractivity contribution in [2.75, 3.05) is 30.8 Å². The predicted octanol–water partition coefficient (Wildman–Crippen LogP) is 2.15. The molecule has 0 aliphatic carbocycles. The van der Waals surface area contributed by atoms with Gasteiger partial charge in [-0.05, 0) is 37.8 Å². The lowest BCUT2D eigenvalue weighted by molar-refractivity contribution is -0.119. The van der Waals surface area contributed by atoms with Crippen molar-refractivity contribution in [2.45, 2.75) is 48.1 Å². The summed E-state index contributed by atoms with van der Waals surface area (Å²) in [4.78, 5) is 56.2. The minimum absolute atomic E-state index is 0.0126. The van der Waals surface area contributed by atoms with Crippen LogP contribution in [-0.4, -0.2) is 46.4 Å². The standard InChI is InChI=1S/C24H35N5O4/c1-14(2)11-28(20-21(25)29(12-15(3)4)24(33)26-22(20)31)19(30)13-27(7)23(32)18-9-16(5)8-17(6)10-18/h8-10,14-15H,11-13,25H2,1-7H3,(H,26,31,33). The lowest BCUT2D eigenvalue weighted by Gasteiger charge is -2.28. The Hall–Kier alpha value is -3.36. The first kappa shape index (κ1) is 25.9. The monoisotopic (exact) mass is 457 g/mol. The first-order chi connectivity index (χ1) is 15.3. The van der Waals surface area contributed by atoms with Crippen molar-refractivity contribution in [3.05, 3.63) is 55.7 Å². The molecule has 0 fully saturated rings. The van der Waals surface area contributed by atoms with Gasteiger partial charge in [0, 0.05) is 25.7 Å². The molecule has 2 rings (SSSR count). The Kier molecular flexibility index (Phi) is 8.24. The van der Waals surface area contributed by atoms with Crippen molar-refractivity contribution < 1.29 is 9.59 Å². The lowest BCUT2D eigenvalue weighted by atomic mass is 10.1. The first-order valence-corrected chi connectivity index (χ1v) is 11.1. The first-order valence-electron chi connectivity index (χ1n) is 11.1. The number of likely N-dealkylation sites (N-methyl/N-ethyl adjacent to an activating group) is 1. The Morgan fingerprint density at radius 3 is 2.12 bits per heavy atom. The molecular weight excluding hydrogens is 422 g/mol. The molecule has 3 N–H and O–H groups in total. The number of rotatable bonds is 8. The summed E-state index contributed by atoms with van der Waals surface area (Å²) in [7, 11) is 1.54. The van der Waals surface area contributed by atoms with Gasteiger partial charge in [-0.15, -0.1) is 0 Å². The van der Waals surface area contributed by atoms with Crippen molar-refractivity contribution in [3.63, 3.8) is 0 Å². The summed E-state index contributed by atoms with van der Waals surface area (Å²) < 4.78 is 1.27. The maximum absolute atomic E-state index is 13.3. The summed E-state index contributed by atoms with van der Waals surface area (Å²) in [5.74, 6) is -0.713. The molecule has 1 aromatic carbocycles. The number of hydrogen-bond acceptors (Lipinski definition) is 5. The Labute approximate surface area is 194 Å². The van der Waals surface area contributed by atoms with E-state index in [4.69, 9.17) is 5.73 Å². The zero-order valence-electron chi connectivity index (χ0n) is 20.6. The van der Waals surface area contributed by atoms with Gasteiger partial charge in [0.2, 0.25) is 5.91 Å². The fraction of sp³-hybridized carbons (Fsp3) is 0.500. The molecule has 0 aliphatic heterocycles. The number of anilines is 2. The van der Waals surface area contributed by atoms with Crippen molar-refractivity contribution >= 4 is 23.3 Å². The molecule has 0 radical (unpaired) electrons. The molecule has 1 heterocycles. The van der Waals surface area contributed by atoms with Crippen molar-refractivity contribution in [1.29, 1.82) is 0 Å². The average molecular weight is 458 g/mol. The van der Waals surface area contributed by atoms with E-state index in [9.17, 15) is 19.2 Å². The molecular formula is C24H35N5O4. The number of nitrogens with zero attached hydrogens (tertiary/aromatic N) is 3. The number of nitrogens with two attached hydrogens (primary N) is 1. The zero-order chi connectivity index (χ0) is 25.0. The molecule has 2 aromatic rings. The van der Waals surface area contributed by atoms with E-state index in [-0.39, 0.29) is 42.3 Å². The second-order valence-corrected chi connectivity index (χ2v) is 9.43. The number of H-pyrrole nitrogens is 1. The van der Waals surface area contributed by atoms with Crippen LogP contribution in [0.25, 0.3) is 0 Å². The SMILES string of the molecule is Cc1cc(C)cc(C(=O)N(C)CC(=O)N(CC(C)C)c2c(N)n(CC(C)C)c(=O)[nH]c2=O)c1. The molecule has 0 saturated carbocycles. The third kappa shape index (κ3) is 6.34. The van der Waals surface area contributed by atoms with Gasteiger partial charge in [-0.25, -0.2) is 4.79 Å². The van der Waals surface area contributed by atoms with Gasteiger partial charge in [0.05, 0.1) is 0 Å². The summed E-state index contributed by atoms with van der Waals surface area (Å²) in [5, 5.41) is 0. The Morgan fingerprint density at radius 2 is 1.61 bits per heavy atom. The highest BCUT2D eigenvalue weighted by atomic mass is 16.2. The second kappa shape index (κ2) is 10.5. The highest BCUT2D eigenvalue weighted by Gasteiger charge is 2.27. The number of carbonyl (C=O) groups excluding carboxylic acids is 2. The third-order valence-corrected chi connectivity index (χ3v) is 5.07. The van der Waals surface area contributed by atoms with Gasteiger partial charge < -0.3 is 15.5 Å². The van der Waals surface area contributed by atoms with Crippen molar-refractivity contribution in [2.24, 2.45) is 11.8 Å². The minimum atomic E-state index is -0.727. The lowest BCUT2D eigenvalue weighted by Crippen LogP contribution is -2.47. The quantitative estimate of drug-likeness (QED) is 0.629. The number of nitrogen functional groups attached to an aromatic ring is 1. The molecule has 0 aliphatic rings. The van der Waals surface area contributed by atoms with E-state index in [0.29, 0.717) is 12.1 Å². The van der Waals surface area contributed by atoms with Gasteiger partial charge in [0.25, 0.3) is 11.5 Å². The fourth-order valence-corrected chi connectivity index (χ4v) is 3.75. The molecule has 0 spiro atoms. The largest absolute Gasteiger partial charge is 0.383 e. The maximum atomic E-state index is 13.3. The number of nitrogens with one attached hydrogen (secondary N) is 1. The van der Waals surface area contributed by atoms with E-state index >= 15 is 0 Å². The highest BCUT2D eigenvalue weighted by molar-refractivity contribution is 6.01. The number of aromatic amines is 1. The average Bonchev–Trinajstić information content (AvgIpc) is 2.68. The van der Waals surface area contributed by atoms with E-state index in [0.717, 1.165) is 11.1 Å². The second-order valence-electron chi connectivity index (χ2n) is 9.43. The van der Waals surface area contributed by atoms with Crippen LogP contribution in [0.2, 0.25) is 0 Å². The van der Waals surface area contributed by atoms with Gasteiger partial charge >= 0.3 is 5.69 Å². The van der Waals surface area contributed by atoms with Gasteiger partial charge in [-0.2, -0.15) is 0 Å². The summed E-state index contributed by atoms with van der Waals surface area (Å²) in [5.41, 5.74) is 7.21. The smallest absolute Gasteiger partial charge is 0.330 e. The minimum Gasteiger partial charge on any atom is -0.383 e. The van der Waals surface area contributed by atoms with Crippen LogP contribution in [0.15, 0.2) is 27.8 Å². The predicted molar refractivity (Wildman–Crippen MR) is 131 cm³/mol. The van der Waals surface area contributed by atoms with Crippen LogP contribution in [0.4, 0.5) is 11.5 Å². The van der Waals surface area contributed by atoms with Gasteiger partial charge in [0.1, 0.15) is 12.4 Å². The summed E-state index contributed by atoms with van der Waals surface area (Å²) in [6.07, 6.45) is 0. The summed E-state index contributed by atoms with van der Waals surface area (Å²) >= 11 is 0. The van der Waals surface area contributed by atoms with Crippen LogP contribution < -0.4 is 21.9 Å². The molecule has 0 unspecified atom stereocenters. The molecule has 2 amide bonds. The Bertz CT molecular complexity index is 1130. The third-order valence-electron chi connectivity index (χ3n) is 5.07. The van der Waals surface area contributed by atoms with Gasteiger partial charge in [0.15, 0.2) is 5.69 Å². The van der Waals surface area contributed by atoms with Crippen LogP contribution >= 0.6 is 0 Å². The van der Waals surface area contributed by atoms with Crippen LogP contribution in [0.5, 0.6) is 0 Å². The molecule has 0 bridgehead atoms. The number of amides is 2. The maximum Gasteiger partial charge on any atom is 0.330 e. The van der Waals surface area contributed by atoms with E-state index in [1.54, 1.807) is 19.2 Å². The number of carbonyl (C=O) groups is 2. The molecule has 9 nitrogen and oxygen atoms in total. The normalized spacial score (nSPS) is 11.2. The summed E-state index contributed by atoms with van der Waals surface area (Å²) in [6.45, 7) is 11.7. The summed E-state index contributed by atoms with van der Waals surface area (Å²) in [6, 6.07) is 5.51. The Balaban J connectivity index is 2.43. The molecule has 9 heteroatoms. The van der Waals surface area contributed by atoms with Gasteiger partial charge in [-0.1, -0.05) is 44.9 Å². The van der Waals surface area contributed by atoms with Crippen LogP contribution in [0, 0.1) is 25.7 Å². The van der Waals surface area contributed by atoms with E-state index < -0.39 is 17.2 Å². The van der Waals surface area contributed by atoms with E-state index in [1.165, 1.54) is 14.4 Å². The topological polar surface area (TPSA) is 121 Å². The molecule has 0 atom stereocenters. The molecule has 0 saturated heterocycles. The number of benzene rings is 1. The Morgan fingerprint density at radius 1 is 1.03 bits per heavy atom. The van der Waals surface area contributed by atoms with E-state index in [1.807, 2.05) is 47.6 Å². The van der Waals surface area contributed by atoms with Gasteiger partial charge in [-0.3, -0.25) is 23.9 Å². The molecule has 1 aromatic heterocycles. The number of hydrogen-bond donors (Lipinski definition) is 2. The van der Waals surface area contributed by atoms with Crippen LogP contribution in [-0.2, 0) is 11.3 Å². The fourth-order valence-electron chi connectivity index (χ4n) is 3.75. The molecule has 33 heavy (non-hydrogen) atoms. The zero-order valence-corrected chi connectivity index (χ0v) is 20.6. The van der Waals surface area contributed by atoms with Crippen molar-refractivity contribution in [1.82, 2.24) is 14.5 Å². The number of aryl methyl sites for hydroxylation is 2. The van der Waals surface area contributed by atoms with Crippen molar-refractivity contribution in [3.8, 4) is 0 Å². The van der Waals surface area contributed by atoms with E-state index in [2.05, 4.69) is 4.98 Å². The van der Waals surface area contributed by atoms with Crippen LogP contribution in [0.1, 0.15) is 49.2 Å². The molecule has 180 valence electrons. The van der Waals surface area contributed by atoms with Crippen LogP contribution in [0.3, 0.4) is 0 Å². The number of aromatic nitrogens is 2.